The topological polar surface area (TPSA) is 69.6 Å². The summed E-state index contributed by atoms with van der Waals surface area (Å²) in [5.41, 5.74) is 0. The molecule has 1 aliphatic heterocycles. The lowest BCUT2D eigenvalue weighted by molar-refractivity contribution is -0.143. The lowest BCUT2D eigenvalue weighted by atomic mass is 9.84. The number of rotatable bonds is 4. The highest BCUT2D eigenvalue weighted by atomic mass is 32.2. The Morgan fingerprint density at radius 3 is 2.60 bits per heavy atom. The van der Waals surface area contributed by atoms with Crippen molar-refractivity contribution in [3.8, 4) is 0 Å². The molecule has 1 saturated heterocycles. The van der Waals surface area contributed by atoms with Crippen molar-refractivity contribution in [1.82, 2.24) is 10.2 Å². The summed E-state index contributed by atoms with van der Waals surface area (Å²) >= 11 is 1.84. The van der Waals surface area contributed by atoms with Crippen LogP contribution in [0, 0.1) is 5.92 Å². The molecule has 0 aromatic heterocycles. The van der Waals surface area contributed by atoms with Crippen LogP contribution >= 0.6 is 11.8 Å². The Balaban J connectivity index is 1.82. The van der Waals surface area contributed by atoms with Crippen LogP contribution in [0.15, 0.2) is 0 Å². The highest BCUT2D eigenvalue weighted by molar-refractivity contribution is 8.00. The van der Waals surface area contributed by atoms with Gasteiger partial charge in [0.15, 0.2) is 0 Å². The summed E-state index contributed by atoms with van der Waals surface area (Å²) in [6.45, 7) is 3.19. The Morgan fingerprint density at radius 1 is 1.45 bits per heavy atom. The third-order valence-electron chi connectivity index (χ3n) is 4.75. The molecule has 1 saturated carbocycles. The fourth-order valence-corrected chi connectivity index (χ4v) is 3.97. The molecule has 0 radical (unpaired) electrons. The molecule has 0 aromatic carbocycles. The molecule has 6 heteroatoms. The number of carbonyl (C=O) groups is 2. The third kappa shape index (κ3) is 3.22. The molecular weight excluding hydrogens is 276 g/mol. The van der Waals surface area contributed by atoms with Crippen molar-refractivity contribution in [3.63, 3.8) is 0 Å². The van der Waals surface area contributed by atoms with Crippen molar-refractivity contribution in [1.29, 1.82) is 0 Å². The van der Waals surface area contributed by atoms with E-state index in [1.807, 2.05) is 18.7 Å². The Morgan fingerprint density at radius 2 is 2.15 bits per heavy atom. The zero-order valence-corrected chi connectivity index (χ0v) is 13.0. The van der Waals surface area contributed by atoms with Gasteiger partial charge in [-0.1, -0.05) is 6.42 Å². The van der Waals surface area contributed by atoms with Crippen LogP contribution < -0.4 is 5.32 Å². The van der Waals surface area contributed by atoms with Crippen LogP contribution in [0.2, 0.25) is 0 Å². The van der Waals surface area contributed by atoms with E-state index in [-0.39, 0.29) is 22.7 Å². The van der Waals surface area contributed by atoms with Crippen LogP contribution in [0.3, 0.4) is 0 Å². The van der Waals surface area contributed by atoms with E-state index in [2.05, 4.69) is 11.6 Å². The number of nitrogens with zero attached hydrogens (tertiary/aromatic N) is 1. The Hall–Kier alpha value is -0.910. The molecule has 0 spiro atoms. The highest BCUT2D eigenvalue weighted by Gasteiger charge is 2.38. The predicted molar refractivity (Wildman–Crippen MR) is 80.0 cm³/mol. The van der Waals surface area contributed by atoms with Gasteiger partial charge in [-0.2, -0.15) is 11.8 Å². The van der Waals surface area contributed by atoms with E-state index in [1.54, 1.807) is 4.90 Å². The maximum absolute atomic E-state index is 12.2. The number of likely N-dealkylation sites (tertiary alicyclic amines) is 1. The SMILES string of the molecule is CSC1(CNC(=O)N2CCC(C(=O)O)CC2C)CCC1. The number of amides is 2. The number of urea groups is 1. The van der Waals surface area contributed by atoms with Gasteiger partial charge in [0.1, 0.15) is 0 Å². The van der Waals surface area contributed by atoms with Gasteiger partial charge < -0.3 is 15.3 Å². The molecule has 20 heavy (non-hydrogen) atoms. The summed E-state index contributed by atoms with van der Waals surface area (Å²) in [5, 5.41) is 12.1. The van der Waals surface area contributed by atoms with Crippen molar-refractivity contribution >= 4 is 23.8 Å². The Labute approximate surface area is 124 Å². The normalized spacial score (nSPS) is 28.6. The van der Waals surface area contributed by atoms with Crippen LogP contribution in [0.5, 0.6) is 0 Å². The standard InChI is InChI=1S/C14H24N2O3S/c1-10-8-11(12(17)18)4-7-16(10)13(19)15-9-14(20-2)5-3-6-14/h10-11H,3-9H2,1-2H3,(H,15,19)(H,17,18). The Kier molecular flexibility index (Phi) is 4.83. The minimum absolute atomic E-state index is 0.00327. The molecule has 1 heterocycles. The summed E-state index contributed by atoms with van der Waals surface area (Å²) < 4.78 is 0.234. The van der Waals surface area contributed by atoms with Crippen LogP contribution in [0.25, 0.3) is 0 Å². The summed E-state index contributed by atoms with van der Waals surface area (Å²) in [4.78, 5) is 25.0. The second-order valence-corrected chi connectivity index (χ2v) is 7.28. The second-order valence-electron chi connectivity index (χ2n) is 6.00. The molecule has 2 amide bonds. The number of hydrogen-bond donors (Lipinski definition) is 2. The minimum atomic E-state index is -0.743. The van der Waals surface area contributed by atoms with Gasteiger partial charge in [0.05, 0.1) is 5.92 Å². The zero-order valence-electron chi connectivity index (χ0n) is 12.2. The van der Waals surface area contributed by atoms with Crippen LogP contribution in [-0.2, 0) is 4.79 Å². The van der Waals surface area contributed by atoms with Crippen LogP contribution in [-0.4, -0.2) is 52.1 Å². The molecule has 2 atom stereocenters. The smallest absolute Gasteiger partial charge is 0.317 e. The van der Waals surface area contributed by atoms with E-state index in [9.17, 15) is 9.59 Å². The minimum Gasteiger partial charge on any atom is -0.481 e. The van der Waals surface area contributed by atoms with E-state index in [4.69, 9.17) is 5.11 Å². The lowest BCUT2D eigenvalue weighted by Crippen LogP contribution is -2.53. The number of aliphatic carboxylic acids is 1. The molecule has 2 N–H and O–H groups in total. The van der Waals surface area contributed by atoms with Gasteiger partial charge in [0.2, 0.25) is 0 Å². The first-order chi connectivity index (χ1) is 9.47. The van der Waals surface area contributed by atoms with Gasteiger partial charge in [-0.05, 0) is 38.9 Å². The zero-order chi connectivity index (χ0) is 14.8. The van der Waals surface area contributed by atoms with E-state index >= 15 is 0 Å². The Bertz CT molecular complexity index is 379. The molecule has 0 aromatic rings. The van der Waals surface area contributed by atoms with Crippen molar-refractivity contribution < 1.29 is 14.7 Å². The monoisotopic (exact) mass is 300 g/mol. The first-order valence-electron chi connectivity index (χ1n) is 7.30. The number of carbonyl (C=O) groups excluding carboxylic acids is 1. The average molecular weight is 300 g/mol. The van der Waals surface area contributed by atoms with Crippen molar-refractivity contribution in [2.45, 2.75) is 49.8 Å². The highest BCUT2D eigenvalue weighted by Crippen LogP contribution is 2.42. The molecular formula is C14H24N2O3S. The van der Waals surface area contributed by atoms with E-state index in [1.165, 1.54) is 19.3 Å². The molecule has 1 aliphatic carbocycles. The van der Waals surface area contributed by atoms with Gasteiger partial charge >= 0.3 is 12.0 Å². The maximum Gasteiger partial charge on any atom is 0.317 e. The fraction of sp³-hybridized carbons (Fsp3) is 0.857. The quantitative estimate of drug-likeness (QED) is 0.835. The van der Waals surface area contributed by atoms with Crippen molar-refractivity contribution in [2.24, 2.45) is 5.92 Å². The molecule has 2 aliphatic rings. The number of piperidine rings is 1. The van der Waals surface area contributed by atoms with Crippen molar-refractivity contribution in [2.75, 3.05) is 19.3 Å². The number of carboxylic acid groups (broad SMARTS) is 1. The number of carboxylic acids is 1. The van der Waals surface area contributed by atoms with Gasteiger partial charge in [-0.25, -0.2) is 4.79 Å². The summed E-state index contributed by atoms with van der Waals surface area (Å²) in [6, 6.07) is -0.0434. The van der Waals surface area contributed by atoms with Gasteiger partial charge in [-0.15, -0.1) is 0 Å². The van der Waals surface area contributed by atoms with Gasteiger partial charge in [0.25, 0.3) is 0 Å². The largest absolute Gasteiger partial charge is 0.481 e. The average Bonchev–Trinajstić information content (AvgIpc) is 2.37. The van der Waals surface area contributed by atoms with E-state index in [0.717, 1.165) is 6.54 Å². The molecule has 2 rings (SSSR count). The third-order valence-corrected chi connectivity index (χ3v) is 6.16. The number of thioether (sulfide) groups is 1. The first kappa shape index (κ1) is 15.5. The molecule has 5 nitrogen and oxygen atoms in total. The van der Waals surface area contributed by atoms with Gasteiger partial charge in [0, 0.05) is 23.9 Å². The van der Waals surface area contributed by atoms with E-state index < -0.39 is 5.97 Å². The summed E-state index contributed by atoms with van der Waals surface area (Å²) in [7, 11) is 0. The van der Waals surface area contributed by atoms with E-state index in [0.29, 0.717) is 19.4 Å². The van der Waals surface area contributed by atoms with Crippen LogP contribution in [0.1, 0.15) is 39.0 Å². The van der Waals surface area contributed by atoms with Gasteiger partial charge in [-0.3, -0.25) is 4.79 Å². The second kappa shape index (κ2) is 6.24. The first-order valence-corrected chi connectivity index (χ1v) is 8.52. The predicted octanol–water partition coefficient (Wildman–Crippen LogP) is 2.17. The maximum atomic E-state index is 12.2. The number of hydrogen-bond acceptors (Lipinski definition) is 3. The lowest BCUT2D eigenvalue weighted by Gasteiger charge is -2.42. The van der Waals surface area contributed by atoms with Crippen LogP contribution in [0.4, 0.5) is 4.79 Å². The molecule has 2 fully saturated rings. The summed E-state index contributed by atoms with van der Waals surface area (Å²) in [6.07, 6.45) is 6.80. The molecule has 0 bridgehead atoms. The van der Waals surface area contributed by atoms with Crippen molar-refractivity contribution in [3.05, 3.63) is 0 Å². The fourth-order valence-electron chi connectivity index (χ4n) is 3.06. The number of nitrogens with one attached hydrogen (secondary N) is 1. The summed E-state index contributed by atoms with van der Waals surface area (Å²) in [5.74, 6) is -1.05. The molecule has 114 valence electrons. The molecule has 2 unspecified atom stereocenters.